The highest BCUT2D eigenvalue weighted by molar-refractivity contribution is 14.1. The molecule has 5 nitrogen and oxygen atoms in total. The normalized spacial score (nSPS) is 21.6. The van der Waals surface area contributed by atoms with Gasteiger partial charge in [0.1, 0.15) is 6.10 Å². The number of hydrogen-bond acceptors (Lipinski definition) is 3. The van der Waals surface area contributed by atoms with Gasteiger partial charge < -0.3 is 14.5 Å². The maximum absolute atomic E-state index is 12.7. The molecule has 124 valence electrons. The van der Waals surface area contributed by atoms with Crippen LogP contribution >= 0.6 is 38.5 Å². The van der Waals surface area contributed by atoms with Gasteiger partial charge in [0.2, 0.25) is 0 Å². The Morgan fingerprint density at radius 2 is 1.87 bits per heavy atom. The summed E-state index contributed by atoms with van der Waals surface area (Å²) in [6.07, 6.45) is 1.49. The third-order valence-corrected chi connectivity index (χ3v) is 5.68. The lowest BCUT2D eigenvalue weighted by Crippen LogP contribution is -2.52. The van der Waals surface area contributed by atoms with E-state index >= 15 is 0 Å². The summed E-state index contributed by atoms with van der Waals surface area (Å²) < 4.78 is 7.30. The quantitative estimate of drug-likeness (QED) is 0.596. The average Bonchev–Trinajstić information content (AvgIpc) is 3.10. The Labute approximate surface area is 157 Å². The third-order valence-electron chi connectivity index (χ3n) is 4.24. The summed E-state index contributed by atoms with van der Waals surface area (Å²) in [6, 6.07) is 5.71. The van der Waals surface area contributed by atoms with E-state index < -0.39 is 0 Å². The Morgan fingerprint density at radius 1 is 1.17 bits per heavy atom. The number of piperazine rings is 1. The molecule has 2 fully saturated rings. The molecule has 3 rings (SSSR count). The van der Waals surface area contributed by atoms with Crippen LogP contribution in [0.2, 0.25) is 0 Å². The first-order valence-corrected chi connectivity index (χ1v) is 9.58. The van der Waals surface area contributed by atoms with E-state index in [4.69, 9.17) is 4.74 Å². The molecule has 0 N–H and O–H groups in total. The zero-order valence-electron chi connectivity index (χ0n) is 12.6. The fraction of sp³-hybridized carbons (Fsp3) is 0.500. The smallest absolute Gasteiger partial charge is 0.255 e. The lowest BCUT2D eigenvalue weighted by molar-refractivity contribution is -0.142. The highest BCUT2D eigenvalue weighted by atomic mass is 127. The maximum atomic E-state index is 12.7. The van der Waals surface area contributed by atoms with E-state index in [1.807, 2.05) is 28.0 Å². The molecule has 1 unspecified atom stereocenters. The highest BCUT2D eigenvalue weighted by Crippen LogP contribution is 2.21. The molecule has 23 heavy (non-hydrogen) atoms. The number of halogens is 2. The molecule has 0 radical (unpaired) electrons. The van der Waals surface area contributed by atoms with Gasteiger partial charge in [-0.2, -0.15) is 0 Å². The molecule has 7 heteroatoms. The van der Waals surface area contributed by atoms with Crippen LogP contribution < -0.4 is 0 Å². The first-order valence-electron chi connectivity index (χ1n) is 7.71. The lowest BCUT2D eigenvalue weighted by atomic mass is 10.1. The molecule has 2 aliphatic heterocycles. The van der Waals surface area contributed by atoms with Gasteiger partial charge in [-0.05, 0) is 53.6 Å². The molecule has 2 saturated heterocycles. The topological polar surface area (TPSA) is 49.9 Å². The largest absolute Gasteiger partial charge is 0.368 e. The predicted octanol–water partition coefficient (Wildman–Crippen LogP) is 2.52. The van der Waals surface area contributed by atoms with E-state index in [2.05, 4.69) is 38.5 Å². The molecule has 0 bridgehead atoms. The Kier molecular flexibility index (Phi) is 5.58. The summed E-state index contributed by atoms with van der Waals surface area (Å²) in [4.78, 5) is 28.7. The van der Waals surface area contributed by atoms with Gasteiger partial charge in [-0.15, -0.1) is 0 Å². The van der Waals surface area contributed by atoms with Gasteiger partial charge in [-0.3, -0.25) is 9.59 Å². The number of nitrogens with zero attached hydrogens (tertiary/aromatic N) is 2. The van der Waals surface area contributed by atoms with Gasteiger partial charge in [-0.25, -0.2) is 0 Å². The van der Waals surface area contributed by atoms with Crippen molar-refractivity contribution >= 4 is 50.3 Å². The van der Waals surface area contributed by atoms with Crippen molar-refractivity contribution in [2.75, 3.05) is 32.8 Å². The minimum Gasteiger partial charge on any atom is -0.368 e. The summed E-state index contributed by atoms with van der Waals surface area (Å²) in [5, 5.41) is 0. The number of amides is 2. The van der Waals surface area contributed by atoms with E-state index in [0.717, 1.165) is 20.9 Å². The van der Waals surface area contributed by atoms with Gasteiger partial charge in [0.05, 0.1) is 5.56 Å². The minimum atomic E-state index is -0.275. The van der Waals surface area contributed by atoms with E-state index in [1.54, 1.807) is 0 Å². The molecular weight excluding hydrogens is 475 g/mol. The van der Waals surface area contributed by atoms with Crippen LogP contribution in [-0.2, 0) is 9.53 Å². The van der Waals surface area contributed by atoms with Crippen LogP contribution in [0.4, 0.5) is 0 Å². The first kappa shape index (κ1) is 17.2. The number of hydrogen-bond donors (Lipinski definition) is 0. The van der Waals surface area contributed by atoms with Gasteiger partial charge in [0.25, 0.3) is 11.8 Å². The van der Waals surface area contributed by atoms with Crippen molar-refractivity contribution in [2.24, 2.45) is 0 Å². The van der Waals surface area contributed by atoms with Crippen molar-refractivity contribution < 1.29 is 14.3 Å². The van der Waals surface area contributed by atoms with Crippen molar-refractivity contribution in [1.82, 2.24) is 9.80 Å². The maximum Gasteiger partial charge on any atom is 0.255 e. The van der Waals surface area contributed by atoms with Crippen molar-refractivity contribution in [3.05, 3.63) is 31.8 Å². The van der Waals surface area contributed by atoms with Crippen molar-refractivity contribution in [3.63, 3.8) is 0 Å². The van der Waals surface area contributed by atoms with Gasteiger partial charge in [-0.1, -0.05) is 15.9 Å². The van der Waals surface area contributed by atoms with Crippen LogP contribution in [0, 0.1) is 3.57 Å². The monoisotopic (exact) mass is 492 g/mol. The second kappa shape index (κ2) is 7.48. The van der Waals surface area contributed by atoms with Crippen LogP contribution in [-0.4, -0.2) is 60.5 Å². The second-order valence-electron chi connectivity index (χ2n) is 5.74. The third kappa shape index (κ3) is 3.88. The van der Waals surface area contributed by atoms with Crippen molar-refractivity contribution in [1.29, 1.82) is 0 Å². The summed E-state index contributed by atoms with van der Waals surface area (Å²) >= 11 is 5.59. The predicted molar refractivity (Wildman–Crippen MR) is 98.3 cm³/mol. The fourth-order valence-electron chi connectivity index (χ4n) is 2.94. The van der Waals surface area contributed by atoms with Gasteiger partial charge >= 0.3 is 0 Å². The number of rotatable bonds is 2. The molecule has 1 atom stereocenters. The molecular formula is C16H18BrIN2O3. The summed E-state index contributed by atoms with van der Waals surface area (Å²) in [5.41, 5.74) is 0.707. The molecule has 2 aliphatic rings. The van der Waals surface area contributed by atoms with E-state index in [1.165, 1.54) is 0 Å². The summed E-state index contributed by atoms with van der Waals surface area (Å²) in [6.45, 7) is 2.97. The van der Waals surface area contributed by atoms with Crippen LogP contribution in [0.3, 0.4) is 0 Å². The SMILES string of the molecule is O=C(c1cc(Br)ccc1I)N1CCN(C(=O)C2CCCO2)CC1. The number of carbonyl (C=O) groups excluding carboxylic acids is 2. The first-order chi connectivity index (χ1) is 11.1. The molecule has 0 aromatic heterocycles. The molecule has 2 amide bonds. The highest BCUT2D eigenvalue weighted by Gasteiger charge is 2.31. The van der Waals surface area contributed by atoms with E-state index in [0.29, 0.717) is 38.3 Å². The zero-order chi connectivity index (χ0) is 16.4. The van der Waals surface area contributed by atoms with Crippen molar-refractivity contribution in [3.8, 4) is 0 Å². The minimum absolute atomic E-state index is 0.0277. The Hall–Kier alpha value is -0.670. The number of carbonyl (C=O) groups is 2. The van der Waals surface area contributed by atoms with E-state index in [9.17, 15) is 9.59 Å². The second-order valence-corrected chi connectivity index (χ2v) is 7.82. The average molecular weight is 493 g/mol. The van der Waals surface area contributed by atoms with Gasteiger partial charge in [0.15, 0.2) is 0 Å². The number of benzene rings is 1. The van der Waals surface area contributed by atoms with Crippen LogP contribution in [0.25, 0.3) is 0 Å². The van der Waals surface area contributed by atoms with Crippen LogP contribution in [0.1, 0.15) is 23.2 Å². The molecule has 1 aromatic carbocycles. The fourth-order valence-corrected chi connectivity index (χ4v) is 3.87. The van der Waals surface area contributed by atoms with Crippen LogP contribution in [0.5, 0.6) is 0 Å². The summed E-state index contributed by atoms with van der Waals surface area (Å²) in [5.74, 6) is 0.103. The van der Waals surface area contributed by atoms with Crippen molar-refractivity contribution in [2.45, 2.75) is 18.9 Å². The Bertz CT molecular complexity index is 611. The lowest BCUT2D eigenvalue weighted by Gasteiger charge is -2.36. The standard InChI is InChI=1S/C16H18BrIN2O3/c17-11-3-4-13(18)12(10-11)15(21)19-5-7-20(8-6-19)16(22)14-2-1-9-23-14/h3-4,10,14H,1-2,5-9H2. The molecule has 0 aliphatic carbocycles. The summed E-state index contributed by atoms with van der Waals surface area (Å²) in [7, 11) is 0. The van der Waals surface area contributed by atoms with Crippen LogP contribution in [0.15, 0.2) is 22.7 Å². The Balaban J connectivity index is 1.61. The van der Waals surface area contributed by atoms with Gasteiger partial charge in [0, 0.05) is 40.8 Å². The van der Waals surface area contributed by atoms with E-state index in [-0.39, 0.29) is 17.9 Å². The number of ether oxygens (including phenoxy) is 1. The zero-order valence-corrected chi connectivity index (χ0v) is 16.4. The molecule has 0 spiro atoms. The molecule has 0 saturated carbocycles. The Morgan fingerprint density at radius 3 is 2.52 bits per heavy atom. The molecule has 1 aromatic rings. The molecule has 2 heterocycles.